The zero-order valence-electron chi connectivity index (χ0n) is 15.9. The van der Waals surface area contributed by atoms with Gasteiger partial charge in [-0.05, 0) is 55.7 Å². The lowest BCUT2D eigenvalue weighted by Gasteiger charge is -2.25. The van der Waals surface area contributed by atoms with Crippen molar-refractivity contribution in [3.8, 4) is 5.75 Å². The zero-order chi connectivity index (χ0) is 19.4. The molecule has 2 aliphatic heterocycles. The Bertz CT molecular complexity index is 826. The van der Waals surface area contributed by atoms with Gasteiger partial charge in [0, 0.05) is 6.54 Å². The summed E-state index contributed by atoms with van der Waals surface area (Å²) in [7, 11) is 0. The van der Waals surface area contributed by atoms with Crippen LogP contribution in [0.1, 0.15) is 31.7 Å². The highest BCUT2D eigenvalue weighted by Gasteiger charge is 2.60. The maximum atomic E-state index is 12.7. The van der Waals surface area contributed by atoms with Gasteiger partial charge in [-0.3, -0.25) is 19.3 Å². The topological polar surface area (TPSA) is 87.7 Å². The Balaban J connectivity index is 1.19. The summed E-state index contributed by atoms with van der Waals surface area (Å²) in [6.45, 7) is 2.81. The van der Waals surface area contributed by atoms with Crippen molar-refractivity contribution in [1.82, 2.24) is 10.2 Å². The number of anilines is 1. The number of rotatable bonds is 4. The number of ether oxygens (including phenoxy) is 1. The van der Waals surface area contributed by atoms with Crippen molar-refractivity contribution in [3.05, 3.63) is 23.8 Å². The van der Waals surface area contributed by atoms with Crippen molar-refractivity contribution in [2.24, 2.45) is 23.7 Å². The van der Waals surface area contributed by atoms with Crippen molar-refractivity contribution >= 4 is 23.4 Å². The molecule has 5 atom stereocenters. The minimum atomic E-state index is -0.306. The molecule has 2 heterocycles. The van der Waals surface area contributed by atoms with E-state index in [1.165, 1.54) is 4.90 Å². The third-order valence-electron chi connectivity index (χ3n) is 6.75. The van der Waals surface area contributed by atoms with E-state index in [1.807, 2.05) is 18.2 Å². The Hall–Kier alpha value is -2.57. The monoisotopic (exact) mass is 383 g/mol. The Morgan fingerprint density at radius 2 is 1.93 bits per heavy atom. The number of carbonyl (C=O) groups excluding carboxylic acids is 3. The molecule has 5 rings (SSSR count). The van der Waals surface area contributed by atoms with E-state index in [-0.39, 0.29) is 42.1 Å². The van der Waals surface area contributed by atoms with E-state index in [9.17, 15) is 14.4 Å². The van der Waals surface area contributed by atoms with Crippen molar-refractivity contribution < 1.29 is 19.1 Å². The number of likely N-dealkylation sites (tertiary alicyclic amines) is 1. The molecule has 2 N–H and O–H groups in total. The van der Waals surface area contributed by atoms with E-state index in [4.69, 9.17) is 4.74 Å². The number of hydrogen-bond acceptors (Lipinski definition) is 5. The standard InChI is InChI=1S/C21H25N3O4/c1-11-10-28-16-6-12(2-5-15(16)23-11)8-22-17(25)9-24-20(26)18-13-3-4-14(7-13)19(18)21(24)27/h2,5-6,11,13-14,18-19,23H,3-4,7-10H2,1H3,(H,22,25)/t11-,13-,14+,18+,19-/m1/s1. The third-order valence-corrected chi connectivity index (χ3v) is 6.75. The number of nitrogens with zero attached hydrogens (tertiary/aromatic N) is 1. The summed E-state index contributed by atoms with van der Waals surface area (Å²) >= 11 is 0. The van der Waals surface area contributed by atoms with Crippen LogP contribution in [-0.4, -0.2) is 41.8 Å². The highest BCUT2D eigenvalue weighted by molar-refractivity contribution is 6.08. The van der Waals surface area contributed by atoms with Crippen molar-refractivity contribution in [2.45, 2.75) is 38.8 Å². The smallest absolute Gasteiger partial charge is 0.240 e. The summed E-state index contributed by atoms with van der Waals surface area (Å²) < 4.78 is 5.71. The second-order valence-electron chi connectivity index (χ2n) is 8.61. The minimum absolute atomic E-state index is 0.139. The predicted molar refractivity (Wildman–Crippen MR) is 101 cm³/mol. The van der Waals surface area contributed by atoms with Gasteiger partial charge in [-0.1, -0.05) is 6.07 Å². The predicted octanol–water partition coefficient (Wildman–Crippen LogP) is 1.53. The third kappa shape index (κ3) is 2.75. The van der Waals surface area contributed by atoms with Crippen LogP contribution in [0.5, 0.6) is 5.75 Å². The highest BCUT2D eigenvalue weighted by atomic mass is 16.5. The first-order chi connectivity index (χ1) is 13.5. The first-order valence-corrected chi connectivity index (χ1v) is 10.2. The first-order valence-electron chi connectivity index (χ1n) is 10.2. The van der Waals surface area contributed by atoms with Crippen LogP contribution in [0.4, 0.5) is 5.69 Å². The lowest BCUT2D eigenvalue weighted by Crippen LogP contribution is -2.41. The number of imide groups is 1. The lowest BCUT2D eigenvalue weighted by atomic mass is 9.81. The van der Waals surface area contributed by atoms with E-state index in [1.54, 1.807) is 0 Å². The van der Waals surface area contributed by atoms with Crippen LogP contribution in [0.15, 0.2) is 18.2 Å². The molecule has 148 valence electrons. The highest BCUT2D eigenvalue weighted by Crippen LogP contribution is 2.56. The Kier molecular flexibility index (Phi) is 4.07. The molecule has 28 heavy (non-hydrogen) atoms. The van der Waals surface area contributed by atoms with E-state index < -0.39 is 0 Å². The van der Waals surface area contributed by atoms with Gasteiger partial charge in [-0.2, -0.15) is 0 Å². The number of carbonyl (C=O) groups is 3. The van der Waals surface area contributed by atoms with Crippen molar-refractivity contribution in [2.75, 3.05) is 18.5 Å². The molecule has 7 heteroatoms. The fourth-order valence-corrected chi connectivity index (χ4v) is 5.46. The molecule has 1 saturated heterocycles. The first kappa shape index (κ1) is 17.5. The summed E-state index contributed by atoms with van der Waals surface area (Å²) in [6.07, 6.45) is 3.08. The lowest BCUT2D eigenvalue weighted by molar-refractivity contribution is -0.144. The van der Waals surface area contributed by atoms with Crippen LogP contribution in [0.3, 0.4) is 0 Å². The molecular weight excluding hydrogens is 358 g/mol. The quantitative estimate of drug-likeness (QED) is 0.770. The molecule has 2 aliphatic carbocycles. The molecule has 2 saturated carbocycles. The number of fused-ring (bicyclic) bond motifs is 6. The van der Waals surface area contributed by atoms with Gasteiger partial charge in [0.25, 0.3) is 0 Å². The average molecular weight is 383 g/mol. The van der Waals surface area contributed by atoms with Gasteiger partial charge < -0.3 is 15.4 Å². The van der Waals surface area contributed by atoms with E-state index >= 15 is 0 Å². The normalized spacial score (nSPS) is 32.6. The van der Waals surface area contributed by atoms with Gasteiger partial charge >= 0.3 is 0 Å². The zero-order valence-corrected chi connectivity index (χ0v) is 15.9. The molecule has 1 aromatic carbocycles. The number of nitrogens with one attached hydrogen (secondary N) is 2. The van der Waals surface area contributed by atoms with Crippen LogP contribution in [-0.2, 0) is 20.9 Å². The molecule has 4 aliphatic rings. The minimum Gasteiger partial charge on any atom is -0.489 e. The Morgan fingerprint density at radius 3 is 2.64 bits per heavy atom. The molecule has 0 aromatic heterocycles. The van der Waals surface area contributed by atoms with Crippen LogP contribution >= 0.6 is 0 Å². The summed E-state index contributed by atoms with van der Waals surface area (Å²) in [5, 5.41) is 6.17. The van der Waals surface area contributed by atoms with Crippen LogP contribution in [0.2, 0.25) is 0 Å². The van der Waals surface area contributed by atoms with Gasteiger partial charge in [0.1, 0.15) is 18.9 Å². The number of amides is 3. The molecule has 0 unspecified atom stereocenters. The Morgan fingerprint density at radius 1 is 1.21 bits per heavy atom. The molecule has 0 radical (unpaired) electrons. The summed E-state index contributed by atoms with van der Waals surface area (Å²) in [5.74, 6) is 0.521. The summed E-state index contributed by atoms with van der Waals surface area (Å²) in [6, 6.07) is 6.05. The molecular formula is C21H25N3O4. The van der Waals surface area contributed by atoms with Crippen LogP contribution in [0.25, 0.3) is 0 Å². The average Bonchev–Trinajstić information content (AvgIpc) is 3.36. The second kappa shape index (κ2) is 6.50. The van der Waals surface area contributed by atoms with Crippen molar-refractivity contribution in [3.63, 3.8) is 0 Å². The summed E-state index contributed by atoms with van der Waals surface area (Å²) in [5.41, 5.74) is 1.86. The van der Waals surface area contributed by atoms with E-state index in [0.29, 0.717) is 25.0 Å². The molecule has 3 fully saturated rings. The molecule has 1 aromatic rings. The Labute approximate surface area is 163 Å². The number of hydrogen-bond donors (Lipinski definition) is 2. The largest absolute Gasteiger partial charge is 0.489 e. The maximum Gasteiger partial charge on any atom is 0.240 e. The van der Waals surface area contributed by atoms with Gasteiger partial charge in [0.15, 0.2) is 0 Å². The van der Waals surface area contributed by atoms with Crippen LogP contribution < -0.4 is 15.4 Å². The van der Waals surface area contributed by atoms with Gasteiger partial charge in [0.05, 0.1) is 23.6 Å². The van der Waals surface area contributed by atoms with Gasteiger partial charge in [-0.15, -0.1) is 0 Å². The fraction of sp³-hybridized carbons (Fsp3) is 0.571. The molecule has 2 bridgehead atoms. The number of benzene rings is 1. The molecule has 7 nitrogen and oxygen atoms in total. The van der Waals surface area contributed by atoms with Gasteiger partial charge in [-0.25, -0.2) is 0 Å². The summed E-state index contributed by atoms with van der Waals surface area (Å²) in [4.78, 5) is 39.0. The van der Waals surface area contributed by atoms with Crippen LogP contribution in [0, 0.1) is 23.7 Å². The van der Waals surface area contributed by atoms with E-state index in [0.717, 1.165) is 36.3 Å². The second-order valence-corrected chi connectivity index (χ2v) is 8.61. The van der Waals surface area contributed by atoms with Crippen molar-refractivity contribution in [1.29, 1.82) is 0 Å². The van der Waals surface area contributed by atoms with E-state index in [2.05, 4.69) is 17.6 Å². The molecule has 3 amide bonds. The van der Waals surface area contributed by atoms with Gasteiger partial charge in [0.2, 0.25) is 17.7 Å². The SMILES string of the molecule is C[C@@H]1COc2cc(CNC(=O)CN3C(=O)[C@@H]4[C@H]5CC[C@H](C5)[C@@H]4C3=O)ccc2N1. The maximum absolute atomic E-state index is 12.7. The fourth-order valence-electron chi connectivity index (χ4n) is 5.46. The molecule has 0 spiro atoms.